The van der Waals surface area contributed by atoms with Crippen molar-refractivity contribution in [3.05, 3.63) is 64.2 Å². The predicted octanol–water partition coefficient (Wildman–Crippen LogP) is 1.58. The Labute approximate surface area is 164 Å². The molecular formula is C18H24N4O5S. The second kappa shape index (κ2) is 9.60. The summed E-state index contributed by atoms with van der Waals surface area (Å²) in [5.41, 5.74) is 0.421. The zero-order chi connectivity index (χ0) is 20.7. The van der Waals surface area contributed by atoms with Gasteiger partial charge in [-0.2, -0.15) is 0 Å². The molecule has 0 aliphatic rings. The van der Waals surface area contributed by atoms with Crippen LogP contribution in [-0.2, 0) is 10.0 Å². The maximum Gasteiger partial charge on any atom is 0.293 e. The average Bonchev–Trinajstić information content (AvgIpc) is 2.66. The summed E-state index contributed by atoms with van der Waals surface area (Å²) in [5, 5.41) is 24.4. The van der Waals surface area contributed by atoms with Crippen LogP contribution in [0, 0.1) is 10.1 Å². The molecule has 0 saturated carbocycles. The first-order chi connectivity index (χ1) is 13.2. The maximum absolute atomic E-state index is 12.3. The van der Waals surface area contributed by atoms with E-state index in [1.807, 2.05) is 25.1 Å². The van der Waals surface area contributed by atoms with E-state index in [-0.39, 0.29) is 29.4 Å². The fourth-order valence-electron chi connectivity index (χ4n) is 2.47. The number of hydrogen-bond donors (Lipinski definition) is 3. The van der Waals surface area contributed by atoms with Crippen LogP contribution < -0.4 is 10.0 Å². The molecule has 3 N–H and O–H groups in total. The molecule has 28 heavy (non-hydrogen) atoms. The van der Waals surface area contributed by atoms with Gasteiger partial charge in [-0.15, -0.1) is 0 Å². The second-order valence-corrected chi connectivity index (χ2v) is 8.21. The molecule has 0 saturated heterocycles. The van der Waals surface area contributed by atoms with Crippen molar-refractivity contribution in [2.24, 2.45) is 0 Å². The molecule has 0 heterocycles. The van der Waals surface area contributed by atoms with Crippen LogP contribution in [0.3, 0.4) is 0 Å². The molecule has 152 valence electrons. The Morgan fingerprint density at radius 1 is 1.18 bits per heavy atom. The van der Waals surface area contributed by atoms with Crippen molar-refractivity contribution in [3.63, 3.8) is 0 Å². The minimum atomic E-state index is -3.86. The lowest BCUT2D eigenvalue weighted by molar-refractivity contribution is -0.384. The number of aliphatic hydroxyl groups is 1. The Balaban J connectivity index is 2.15. The van der Waals surface area contributed by atoms with E-state index in [0.29, 0.717) is 12.1 Å². The molecule has 10 heteroatoms. The normalized spacial score (nSPS) is 12.7. The van der Waals surface area contributed by atoms with E-state index < -0.39 is 21.1 Å². The van der Waals surface area contributed by atoms with Crippen molar-refractivity contribution in [1.29, 1.82) is 0 Å². The van der Waals surface area contributed by atoms with E-state index in [2.05, 4.69) is 10.0 Å². The second-order valence-electron chi connectivity index (χ2n) is 6.44. The molecule has 0 fully saturated rings. The van der Waals surface area contributed by atoms with Gasteiger partial charge in [-0.25, -0.2) is 13.1 Å². The predicted molar refractivity (Wildman–Crippen MR) is 107 cm³/mol. The first-order valence-electron chi connectivity index (χ1n) is 8.60. The molecule has 9 nitrogen and oxygen atoms in total. The first-order valence-corrected chi connectivity index (χ1v) is 10.1. The fraction of sp³-hybridized carbons (Fsp3) is 0.333. The number of nitrogens with one attached hydrogen (secondary N) is 2. The zero-order valence-electron chi connectivity index (χ0n) is 15.7. The summed E-state index contributed by atoms with van der Waals surface area (Å²) in [7, 11) is -0.243. The van der Waals surface area contributed by atoms with Gasteiger partial charge in [-0.05, 0) is 31.8 Å². The lowest BCUT2D eigenvalue weighted by atomic mass is 10.1. The third-order valence-corrected chi connectivity index (χ3v) is 5.46. The quantitative estimate of drug-likeness (QED) is 0.403. The van der Waals surface area contributed by atoms with Gasteiger partial charge in [0, 0.05) is 25.7 Å². The number of nitrogens with zero attached hydrogens (tertiary/aromatic N) is 2. The van der Waals surface area contributed by atoms with Gasteiger partial charge in [0.1, 0.15) is 5.69 Å². The molecule has 0 aliphatic carbocycles. The number of anilines is 1. The van der Waals surface area contributed by atoms with Crippen LogP contribution in [0.25, 0.3) is 0 Å². The minimum absolute atomic E-state index is 0.0397. The highest BCUT2D eigenvalue weighted by atomic mass is 32.2. The van der Waals surface area contributed by atoms with Crippen molar-refractivity contribution in [3.8, 4) is 0 Å². The van der Waals surface area contributed by atoms with Gasteiger partial charge in [-0.1, -0.05) is 30.3 Å². The lowest BCUT2D eigenvalue weighted by Crippen LogP contribution is -2.31. The summed E-state index contributed by atoms with van der Waals surface area (Å²) in [6.45, 7) is 0.725. The van der Waals surface area contributed by atoms with Crippen LogP contribution in [0.4, 0.5) is 11.4 Å². The van der Waals surface area contributed by atoms with Crippen molar-refractivity contribution >= 4 is 21.4 Å². The van der Waals surface area contributed by atoms with Crippen LogP contribution in [0.1, 0.15) is 11.7 Å². The highest BCUT2D eigenvalue weighted by Gasteiger charge is 2.21. The molecule has 0 bridgehead atoms. The molecule has 0 aromatic heterocycles. The number of nitro benzene ring substituents is 1. The summed E-state index contributed by atoms with van der Waals surface area (Å²) >= 11 is 0. The number of sulfonamides is 1. The number of rotatable bonds is 10. The number of benzene rings is 2. The van der Waals surface area contributed by atoms with Gasteiger partial charge < -0.3 is 15.3 Å². The summed E-state index contributed by atoms with van der Waals surface area (Å²) in [6, 6.07) is 12.5. The smallest absolute Gasteiger partial charge is 0.293 e. The summed E-state index contributed by atoms with van der Waals surface area (Å²) in [5.74, 6) is 0. The monoisotopic (exact) mass is 408 g/mol. The first kappa shape index (κ1) is 21.8. The Bertz CT molecular complexity index is 903. The van der Waals surface area contributed by atoms with Crippen LogP contribution in [0.5, 0.6) is 0 Å². The largest absolute Gasteiger partial charge is 0.387 e. The zero-order valence-corrected chi connectivity index (χ0v) is 16.5. The lowest BCUT2D eigenvalue weighted by Gasteiger charge is -2.14. The SMILES string of the molecule is CN(C)CCNS(=O)(=O)c1ccc(NCC(O)c2ccccc2)c([N+](=O)[O-])c1. The highest BCUT2D eigenvalue weighted by molar-refractivity contribution is 7.89. The summed E-state index contributed by atoms with van der Waals surface area (Å²) in [4.78, 5) is 12.4. The Hall–Kier alpha value is -2.53. The maximum atomic E-state index is 12.3. The van der Waals surface area contributed by atoms with E-state index in [1.54, 1.807) is 24.3 Å². The molecule has 1 atom stereocenters. The number of nitro groups is 1. The van der Waals surface area contributed by atoms with Crippen molar-refractivity contribution in [1.82, 2.24) is 9.62 Å². The third-order valence-electron chi connectivity index (χ3n) is 4.00. The standard InChI is InChI=1S/C18H24N4O5S/c1-21(2)11-10-20-28(26,27)15-8-9-16(17(12-15)22(24)25)19-13-18(23)14-6-4-3-5-7-14/h3-9,12,18-20,23H,10-11,13H2,1-2H3. The van der Waals surface area contributed by atoms with Gasteiger partial charge >= 0.3 is 0 Å². The molecule has 2 aromatic carbocycles. The van der Waals surface area contributed by atoms with Crippen LogP contribution >= 0.6 is 0 Å². The average molecular weight is 408 g/mol. The molecular weight excluding hydrogens is 384 g/mol. The van der Waals surface area contributed by atoms with Gasteiger partial charge in [0.25, 0.3) is 5.69 Å². The summed E-state index contributed by atoms with van der Waals surface area (Å²) < 4.78 is 27.1. The molecule has 0 aliphatic heterocycles. The van der Waals surface area contributed by atoms with Crippen LogP contribution in [-0.4, -0.2) is 57.1 Å². The Morgan fingerprint density at radius 2 is 1.86 bits per heavy atom. The molecule has 0 amide bonds. The van der Waals surface area contributed by atoms with E-state index in [1.165, 1.54) is 12.1 Å². The van der Waals surface area contributed by atoms with E-state index in [4.69, 9.17) is 0 Å². The third kappa shape index (κ3) is 5.99. The molecule has 2 rings (SSSR count). The fourth-order valence-corrected chi connectivity index (χ4v) is 3.51. The van der Waals surface area contributed by atoms with Crippen LogP contribution in [0.2, 0.25) is 0 Å². The van der Waals surface area contributed by atoms with Crippen molar-refractivity contribution < 1.29 is 18.4 Å². The summed E-state index contributed by atoms with van der Waals surface area (Å²) in [6.07, 6.45) is -0.864. The van der Waals surface area contributed by atoms with Crippen molar-refractivity contribution in [2.75, 3.05) is 39.0 Å². The van der Waals surface area contributed by atoms with Crippen LogP contribution in [0.15, 0.2) is 53.4 Å². The van der Waals surface area contributed by atoms with E-state index in [9.17, 15) is 23.6 Å². The topological polar surface area (TPSA) is 125 Å². The van der Waals surface area contributed by atoms with Gasteiger partial charge in [0.15, 0.2) is 0 Å². The number of hydrogen-bond acceptors (Lipinski definition) is 7. The Kier molecular flexibility index (Phi) is 7.46. The molecule has 2 aromatic rings. The molecule has 0 radical (unpaired) electrons. The van der Waals surface area contributed by atoms with E-state index >= 15 is 0 Å². The minimum Gasteiger partial charge on any atom is -0.387 e. The van der Waals surface area contributed by atoms with Gasteiger partial charge in [0.05, 0.1) is 15.9 Å². The van der Waals surface area contributed by atoms with E-state index in [0.717, 1.165) is 6.07 Å². The van der Waals surface area contributed by atoms with Gasteiger partial charge in [-0.3, -0.25) is 10.1 Å². The highest BCUT2D eigenvalue weighted by Crippen LogP contribution is 2.28. The molecule has 1 unspecified atom stereocenters. The molecule has 0 spiro atoms. The van der Waals surface area contributed by atoms with Gasteiger partial charge in [0.2, 0.25) is 10.0 Å². The van der Waals surface area contributed by atoms with Crippen molar-refractivity contribution in [2.45, 2.75) is 11.0 Å². The number of likely N-dealkylation sites (N-methyl/N-ethyl adjacent to an activating group) is 1. The Morgan fingerprint density at radius 3 is 2.46 bits per heavy atom. The number of aliphatic hydroxyl groups excluding tert-OH is 1.